The third kappa shape index (κ3) is 4.55. The van der Waals surface area contributed by atoms with E-state index in [9.17, 15) is 9.90 Å². The molecule has 186 valence electrons. The van der Waals surface area contributed by atoms with E-state index in [2.05, 4.69) is 10.3 Å². The van der Waals surface area contributed by atoms with E-state index in [0.29, 0.717) is 50.1 Å². The Morgan fingerprint density at radius 3 is 2.19 bits per heavy atom. The van der Waals surface area contributed by atoms with Gasteiger partial charge in [-0.15, -0.1) is 0 Å². The van der Waals surface area contributed by atoms with Crippen LogP contribution in [0, 0.1) is 0 Å². The number of nitrogens with zero attached hydrogens (tertiary/aromatic N) is 1. The average molecular weight is 509 g/mol. The zero-order valence-electron chi connectivity index (χ0n) is 20.2. The number of rotatable bonds is 8. The lowest BCUT2D eigenvalue weighted by Crippen LogP contribution is -2.30. The lowest BCUT2D eigenvalue weighted by atomic mass is 9.95. The standard InChI is InChI=1S/C27H25ClN2O6/c1-33-20-10-6-5-8-17(20)23(18-14-19(28)16-9-7-11-29-24(16)25(18)31)30-27(32)15-12-21(34-2)26(36-4)22(13-15)35-3/h5-14,23,31H,1-4H3,(H,30,32). The molecule has 9 heteroatoms. The van der Waals surface area contributed by atoms with Gasteiger partial charge < -0.3 is 29.4 Å². The summed E-state index contributed by atoms with van der Waals surface area (Å²) in [6.07, 6.45) is 1.56. The molecule has 4 rings (SSSR count). The smallest absolute Gasteiger partial charge is 0.252 e. The van der Waals surface area contributed by atoms with Gasteiger partial charge in [0.05, 0.1) is 39.5 Å². The minimum absolute atomic E-state index is 0.101. The number of amides is 1. The zero-order valence-corrected chi connectivity index (χ0v) is 20.9. The van der Waals surface area contributed by atoms with Crippen LogP contribution in [0.2, 0.25) is 5.02 Å². The lowest BCUT2D eigenvalue weighted by molar-refractivity contribution is 0.0941. The summed E-state index contributed by atoms with van der Waals surface area (Å²) < 4.78 is 21.7. The lowest BCUT2D eigenvalue weighted by Gasteiger charge is -2.24. The van der Waals surface area contributed by atoms with E-state index in [1.165, 1.54) is 28.4 Å². The van der Waals surface area contributed by atoms with Crippen LogP contribution in [0.3, 0.4) is 0 Å². The number of nitrogens with one attached hydrogen (secondary N) is 1. The fourth-order valence-corrected chi connectivity index (χ4v) is 4.35. The first kappa shape index (κ1) is 24.9. The Labute approximate surface area is 213 Å². The maximum atomic E-state index is 13.6. The highest BCUT2D eigenvalue weighted by Crippen LogP contribution is 2.41. The first-order valence-electron chi connectivity index (χ1n) is 10.9. The van der Waals surface area contributed by atoms with Crippen molar-refractivity contribution in [2.45, 2.75) is 6.04 Å². The fourth-order valence-electron chi connectivity index (χ4n) is 4.08. The van der Waals surface area contributed by atoms with Gasteiger partial charge in [0.1, 0.15) is 17.0 Å². The van der Waals surface area contributed by atoms with Crippen LogP contribution in [0.5, 0.6) is 28.7 Å². The topological polar surface area (TPSA) is 99.1 Å². The summed E-state index contributed by atoms with van der Waals surface area (Å²) in [4.78, 5) is 17.9. The average Bonchev–Trinajstić information content (AvgIpc) is 2.92. The molecule has 1 atom stereocenters. The zero-order chi connectivity index (χ0) is 25.8. The van der Waals surface area contributed by atoms with Gasteiger partial charge in [-0.2, -0.15) is 0 Å². The molecule has 0 radical (unpaired) electrons. The highest BCUT2D eigenvalue weighted by atomic mass is 35.5. The van der Waals surface area contributed by atoms with Crippen molar-refractivity contribution in [3.05, 3.63) is 82.5 Å². The van der Waals surface area contributed by atoms with Crippen LogP contribution in [0.4, 0.5) is 0 Å². The molecule has 8 nitrogen and oxygen atoms in total. The number of halogens is 1. The fraction of sp³-hybridized carbons (Fsp3) is 0.185. The Kier molecular flexibility index (Phi) is 7.36. The molecule has 0 bridgehead atoms. The number of para-hydroxylation sites is 1. The largest absolute Gasteiger partial charge is 0.505 e. The van der Waals surface area contributed by atoms with Crippen LogP contribution in [0.15, 0.2) is 60.8 Å². The summed E-state index contributed by atoms with van der Waals surface area (Å²) in [5.41, 5.74) is 1.55. The first-order chi connectivity index (χ1) is 17.4. The van der Waals surface area contributed by atoms with Gasteiger partial charge in [0.25, 0.3) is 5.91 Å². The molecule has 1 amide bonds. The van der Waals surface area contributed by atoms with E-state index in [1.54, 1.807) is 48.7 Å². The Morgan fingerprint density at radius 2 is 1.56 bits per heavy atom. The minimum Gasteiger partial charge on any atom is -0.505 e. The first-order valence-corrected chi connectivity index (χ1v) is 11.3. The van der Waals surface area contributed by atoms with Gasteiger partial charge in [0.15, 0.2) is 11.5 Å². The number of phenols is 1. The normalized spacial score (nSPS) is 11.6. The molecular weight excluding hydrogens is 484 g/mol. The van der Waals surface area contributed by atoms with Crippen LogP contribution >= 0.6 is 11.6 Å². The van der Waals surface area contributed by atoms with Crippen LogP contribution in [0.25, 0.3) is 10.9 Å². The van der Waals surface area contributed by atoms with E-state index in [4.69, 9.17) is 30.5 Å². The summed E-state index contributed by atoms with van der Waals surface area (Å²) in [6.45, 7) is 0. The van der Waals surface area contributed by atoms with E-state index in [1.807, 2.05) is 12.1 Å². The number of phenolic OH excluding ortho intramolecular Hbond substituents is 1. The Morgan fingerprint density at radius 1 is 0.889 bits per heavy atom. The van der Waals surface area contributed by atoms with Crippen molar-refractivity contribution < 1.29 is 28.8 Å². The van der Waals surface area contributed by atoms with Crippen molar-refractivity contribution in [1.82, 2.24) is 10.3 Å². The molecule has 2 N–H and O–H groups in total. The molecule has 0 fully saturated rings. The van der Waals surface area contributed by atoms with Crippen LogP contribution in [-0.4, -0.2) is 44.4 Å². The highest BCUT2D eigenvalue weighted by molar-refractivity contribution is 6.35. The molecule has 0 saturated heterocycles. The van der Waals surface area contributed by atoms with Crippen LogP contribution in [0.1, 0.15) is 27.5 Å². The number of carbonyl (C=O) groups is 1. The number of hydrogen-bond acceptors (Lipinski definition) is 7. The molecule has 1 unspecified atom stereocenters. The molecule has 1 aromatic heterocycles. The van der Waals surface area contributed by atoms with Crippen molar-refractivity contribution in [3.63, 3.8) is 0 Å². The Balaban J connectivity index is 1.87. The van der Waals surface area contributed by atoms with Gasteiger partial charge in [0.2, 0.25) is 5.75 Å². The van der Waals surface area contributed by atoms with E-state index in [0.717, 1.165) is 0 Å². The molecule has 4 aromatic rings. The third-order valence-electron chi connectivity index (χ3n) is 5.81. The summed E-state index contributed by atoms with van der Waals surface area (Å²) >= 11 is 6.56. The Bertz CT molecular complexity index is 1400. The van der Waals surface area contributed by atoms with Crippen molar-refractivity contribution in [2.75, 3.05) is 28.4 Å². The van der Waals surface area contributed by atoms with Gasteiger partial charge >= 0.3 is 0 Å². The van der Waals surface area contributed by atoms with Gasteiger partial charge in [-0.25, -0.2) is 0 Å². The van der Waals surface area contributed by atoms with Crippen LogP contribution in [-0.2, 0) is 0 Å². The number of hydrogen-bond donors (Lipinski definition) is 2. The van der Waals surface area contributed by atoms with E-state index in [-0.39, 0.29) is 11.3 Å². The second-order valence-corrected chi connectivity index (χ2v) is 8.17. The number of aromatic nitrogens is 1. The van der Waals surface area contributed by atoms with E-state index >= 15 is 0 Å². The number of aromatic hydroxyl groups is 1. The Hall–Kier alpha value is -4.17. The number of pyridine rings is 1. The number of carbonyl (C=O) groups excluding carboxylic acids is 1. The number of ether oxygens (including phenoxy) is 4. The monoisotopic (exact) mass is 508 g/mol. The highest BCUT2D eigenvalue weighted by Gasteiger charge is 2.27. The summed E-state index contributed by atoms with van der Waals surface area (Å²) in [5.74, 6) is 0.985. The molecule has 0 saturated carbocycles. The summed E-state index contributed by atoms with van der Waals surface area (Å²) in [6, 6.07) is 14.6. The number of methoxy groups -OCH3 is 4. The SMILES string of the molecule is COc1ccccc1C(NC(=O)c1cc(OC)c(OC)c(OC)c1)c1cc(Cl)c2cccnc2c1O. The molecule has 36 heavy (non-hydrogen) atoms. The number of fused-ring (bicyclic) bond motifs is 1. The predicted molar refractivity (Wildman–Crippen MR) is 137 cm³/mol. The maximum absolute atomic E-state index is 13.6. The van der Waals surface area contributed by atoms with Gasteiger partial charge in [-0.1, -0.05) is 29.8 Å². The second-order valence-electron chi connectivity index (χ2n) is 7.76. The predicted octanol–water partition coefficient (Wildman–Crippen LogP) is 5.15. The molecule has 0 aliphatic rings. The summed E-state index contributed by atoms with van der Waals surface area (Å²) in [7, 11) is 5.96. The summed E-state index contributed by atoms with van der Waals surface area (Å²) in [5, 5.41) is 15.2. The van der Waals surface area contributed by atoms with Crippen molar-refractivity contribution in [2.24, 2.45) is 0 Å². The molecular formula is C27H25ClN2O6. The van der Waals surface area contributed by atoms with Crippen LogP contribution < -0.4 is 24.3 Å². The van der Waals surface area contributed by atoms with Gasteiger partial charge in [0, 0.05) is 28.3 Å². The van der Waals surface area contributed by atoms with Crippen molar-refractivity contribution in [3.8, 4) is 28.7 Å². The van der Waals surface area contributed by atoms with Crippen molar-refractivity contribution >= 4 is 28.4 Å². The molecule has 1 heterocycles. The van der Waals surface area contributed by atoms with Crippen molar-refractivity contribution in [1.29, 1.82) is 0 Å². The molecule has 0 aliphatic heterocycles. The third-order valence-corrected chi connectivity index (χ3v) is 6.12. The van der Waals surface area contributed by atoms with Gasteiger partial charge in [-0.3, -0.25) is 9.78 Å². The minimum atomic E-state index is -0.836. The van der Waals surface area contributed by atoms with E-state index < -0.39 is 11.9 Å². The molecule has 0 aliphatic carbocycles. The molecule has 3 aromatic carbocycles. The molecule has 0 spiro atoms. The maximum Gasteiger partial charge on any atom is 0.252 e. The second kappa shape index (κ2) is 10.6. The van der Waals surface area contributed by atoms with Gasteiger partial charge in [-0.05, 0) is 36.4 Å². The quantitative estimate of drug-likeness (QED) is 0.339. The number of benzene rings is 3.